The van der Waals surface area contributed by atoms with Gasteiger partial charge in [-0.15, -0.1) is 0 Å². The van der Waals surface area contributed by atoms with Crippen LogP contribution in [0.5, 0.6) is 0 Å². The van der Waals surface area contributed by atoms with E-state index in [1.807, 2.05) is 23.2 Å². The summed E-state index contributed by atoms with van der Waals surface area (Å²) < 4.78 is 0. The first kappa shape index (κ1) is 18.4. The van der Waals surface area contributed by atoms with Gasteiger partial charge in [0.1, 0.15) is 0 Å². The van der Waals surface area contributed by atoms with Gasteiger partial charge in [-0.25, -0.2) is 0 Å². The minimum Gasteiger partial charge on any atom is -0.353 e. The predicted octanol–water partition coefficient (Wildman–Crippen LogP) is 5.18. The van der Waals surface area contributed by atoms with Crippen LogP contribution in [0, 0.1) is 0 Å². The zero-order chi connectivity index (χ0) is 21.2. The molecule has 0 fully saturated rings. The second-order valence-electron chi connectivity index (χ2n) is 8.66. The Morgan fingerprint density at radius 2 is 2.00 bits per heavy atom. The third kappa shape index (κ3) is 2.36. The fourth-order valence-electron chi connectivity index (χ4n) is 5.61. The Bertz CT molecular complexity index is 1310. The number of hydrogen-bond donors (Lipinski definition) is 2. The largest absolute Gasteiger partial charge is 0.353 e. The number of H-pyrrole nitrogens is 2. The summed E-state index contributed by atoms with van der Waals surface area (Å²) in [6, 6.07) is 8.30. The van der Waals surface area contributed by atoms with E-state index >= 15 is 0 Å². The van der Waals surface area contributed by atoms with Gasteiger partial charge in [0.25, 0.3) is 0 Å². The molecule has 0 radical (unpaired) electrons. The number of anilines is 2. The van der Waals surface area contributed by atoms with E-state index in [0.29, 0.717) is 0 Å². The second kappa shape index (κ2) is 6.54. The topological polar surface area (TPSA) is 77.7 Å². The molecule has 0 unspecified atom stereocenters. The van der Waals surface area contributed by atoms with Crippen molar-refractivity contribution >= 4 is 28.2 Å². The van der Waals surface area contributed by atoms with Gasteiger partial charge in [-0.1, -0.05) is 13.8 Å². The number of aromatic amines is 2. The quantitative estimate of drug-likeness (QED) is 0.488. The summed E-state index contributed by atoms with van der Waals surface area (Å²) in [7, 11) is 0. The Balaban J connectivity index is 1.64. The smallest absolute Gasteiger partial charge is 0.242 e. The van der Waals surface area contributed by atoms with E-state index in [1.54, 1.807) is 12.4 Å². The lowest BCUT2D eigenvalue weighted by Crippen LogP contribution is -2.37. The van der Waals surface area contributed by atoms with Gasteiger partial charge in [0.05, 0.1) is 40.6 Å². The number of rotatable bonds is 3. The summed E-state index contributed by atoms with van der Waals surface area (Å²) in [6.07, 6.45) is 10.1. The number of hydrogen-bond acceptors (Lipinski definition) is 3. The molecule has 2 aliphatic rings. The zero-order valence-electron chi connectivity index (χ0n) is 17.8. The van der Waals surface area contributed by atoms with Gasteiger partial charge in [0, 0.05) is 17.1 Å². The van der Waals surface area contributed by atoms with Gasteiger partial charge in [0.2, 0.25) is 5.91 Å². The van der Waals surface area contributed by atoms with Gasteiger partial charge in [-0.3, -0.25) is 19.8 Å². The highest BCUT2D eigenvalue weighted by molar-refractivity contribution is 6.15. The molecule has 0 spiro atoms. The van der Waals surface area contributed by atoms with E-state index in [1.165, 1.54) is 16.5 Å². The van der Waals surface area contributed by atoms with Crippen LogP contribution in [0.25, 0.3) is 22.3 Å². The van der Waals surface area contributed by atoms with Crippen molar-refractivity contribution in [2.75, 3.05) is 4.90 Å². The Labute approximate surface area is 180 Å². The molecule has 4 aromatic rings. The Morgan fingerprint density at radius 3 is 2.77 bits per heavy atom. The van der Waals surface area contributed by atoms with Crippen LogP contribution in [0.1, 0.15) is 49.8 Å². The van der Waals surface area contributed by atoms with Crippen LogP contribution in [0.15, 0.2) is 42.9 Å². The van der Waals surface area contributed by atoms with Crippen LogP contribution in [-0.4, -0.2) is 26.1 Å². The van der Waals surface area contributed by atoms with Crippen molar-refractivity contribution in [1.82, 2.24) is 20.2 Å². The summed E-state index contributed by atoms with van der Waals surface area (Å²) in [4.78, 5) is 23.6. The molecule has 1 aromatic carbocycles. The number of nitrogens with one attached hydrogen (secondary N) is 2. The minimum absolute atomic E-state index is 0.148. The summed E-state index contributed by atoms with van der Waals surface area (Å²) in [5.74, 6) is 0.148. The van der Waals surface area contributed by atoms with Crippen molar-refractivity contribution in [2.24, 2.45) is 0 Å². The van der Waals surface area contributed by atoms with Gasteiger partial charge < -0.3 is 4.98 Å². The normalized spacial score (nSPS) is 16.8. The zero-order valence-corrected chi connectivity index (χ0v) is 17.8. The number of fused-ring (bicyclic) bond motifs is 6. The van der Waals surface area contributed by atoms with Crippen LogP contribution >= 0.6 is 0 Å². The molecule has 0 atom stereocenters. The Kier molecular flexibility index (Phi) is 3.88. The summed E-state index contributed by atoms with van der Waals surface area (Å²) >= 11 is 0. The lowest BCUT2D eigenvalue weighted by molar-refractivity contribution is -0.122. The SMILES string of the molecule is CCC1(CC)C(=O)N(c2cccnc2)c2cc3c4c([nH]c3cc21)-c1[nH]ncc1CCC4. The van der Waals surface area contributed by atoms with Crippen LogP contribution in [-0.2, 0) is 23.1 Å². The van der Waals surface area contributed by atoms with Gasteiger partial charge in [-0.05, 0) is 73.1 Å². The third-order valence-corrected chi connectivity index (χ3v) is 7.34. The number of carbonyl (C=O) groups excluding carboxylic acids is 1. The van der Waals surface area contributed by atoms with E-state index in [4.69, 9.17) is 0 Å². The summed E-state index contributed by atoms with van der Waals surface area (Å²) in [5, 5.41) is 8.68. The van der Waals surface area contributed by atoms with Crippen molar-refractivity contribution < 1.29 is 4.79 Å². The van der Waals surface area contributed by atoms with Gasteiger partial charge in [-0.2, -0.15) is 5.10 Å². The van der Waals surface area contributed by atoms with E-state index in [0.717, 1.165) is 65.9 Å². The maximum absolute atomic E-state index is 13.8. The van der Waals surface area contributed by atoms with Crippen molar-refractivity contribution in [3.05, 3.63) is 59.5 Å². The average molecular weight is 412 g/mol. The van der Waals surface area contributed by atoms with Crippen LogP contribution in [0.4, 0.5) is 11.4 Å². The lowest BCUT2D eigenvalue weighted by atomic mass is 9.76. The first-order valence-corrected chi connectivity index (χ1v) is 11.1. The molecule has 0 bridgehead atoms. The molecule has 1 amide bonds. The molecule has 156 valence electrons. The maximum atomic E-state index is 13.8. The molecule has 6 nitrogen and oxygen atoms in total. The van der Waals surface area contributed by atoms with Crippen molar-refractivity contribution in [3.63, 3.8) is 0 Å². The molecule has 0 saturated carbocycles. The van der Waals surface area contributed by atoms with Crippen molar-refractivity contribution in [2.45, 2.75) is 51.4 Å². The number of aryl methyl sites for hydroxylation is 2. The standard InChI is InChI=1S/C25H25N5O/c1-3-25(4-2)19-12-20-18(11-21(19)30(24(25)31)16-8-6-10-26-14-16)17-9-5-7-15-13-27-29-22(15)23(17)28-20/h6,8,10-14,28H,3-5,7,9H2,1-2H3,(H,27,29). The summed E-state index contributed by atoms with van der Waals surface area (Å²) in [6.45, 7) is 4.23. The molecule has 3 aromatic heterocycles. The van der Waals surface area contributed by atoms with Gasteiger partial charge in [0.15, 0.2) is 0 Å². The van der Waals surface area contributed by atoms with Gasteiger partial charge >= 0.3 is 0 Å². The van der Waals surface area contributed by atoms with E-state index in [-0.39, 0.29) is 5.91 Å². The maximum Gasteiger partial charge on any atom is 0.242 e. The highest BCUT2D eigenvalue weighted by Crippen LogP contribution is 2.51. The lowest BCUT2D eigenvalue weighted by Gasteiger charge is -2.26. The molecule has 1 aliphatic heterocycles. The van der Waals surface area contributed by atoms with Crippen LogP contribution < -0.4 is 4.90 Å². The fourth-order valence-corrected chi connectivity index (χ4v) is 5.61. The number of amides is 1. The Hall–Kier alpha value is -3.41. The number of pyridine rings is 1. The number of benzene rings is 1. The molecule has 0 saturated heterocycles. The fraction of sp³-hybridized carbons (Fsp3) is 0.320. The van der Waals surface area contributed by atoms with Crippen molar-refractivity contribution in [1.29, 1.82) is 0 Å². The highest BCUT2D eigenvalue weighted by Gasteiger charge is 2.49. The van der Waals surface area contributed by atoms with Crippen LogP contribution in [0.3, 0.4) is 0 Å². The third-order valence-electron chi connectivity index (χ3n) is 7.34. The average Bonchev–Trinajstić information content (AvgIpc) is 3.43. The van der Waals surface area contributed by atoms with E-state index in [9.17, 15) is 4.79 Å². The molecule has 31 heavy (non-hydrogen) atoms. The molecule has 1 aliphatic carbocycles. The van der Waals surface area contributed by atoms with E-state index < -0.39 is 5.41 Å². The monoisotopic (exact) mass is 411 g/mol. The second-order valence-corrected chi connectivity index (χ2v) is 8.66. The molecule has 6 heteroatoms. The first-order valence-electron chi connectivity index (χ1n) is 11.1. The number of carbonyl (C=O) groups is 1. The molecular formula is C25H25N5O. The number of aromatic nitrogens is 4. The minimum atomic E-state index is -0.513. The molecule has 2 N–H and O–H groups in total. The highest BCUT2D eigenvalue weighted by atomic mass is 16.2. The Morgan fingerprint density at radius 1 is 1.13 bits per heavy atom. The van der Waals surface area contributed by atoms with E-state index in [2.05, 4.69) is 46.1 Å². The van der Waals surface area contributed by atoms with Crippen molar-refractivity contribution in [3.8, 4) is 11.4 Å². The molecule has 4 heterocycles. The van der Waals surface area contributed by atoms with Crippen LogP contribution in [0.2, 0.25) is 0 Å². The number of nitrogens with zero attached hydrogens (tertiary/aromatic N) is 3. The molecular weight excluding hydrogens is 386 g/mol. The first-order chi connectivity index (χ1) is 15.2. The summed E-state index contributed by atoms with van der Waals surface area (Å²) in [5.41, 5.74) is 8.33. The predicted molar refractivity (Wildman–Crippen MR) is 122 cm³/mol. The molecule has 6 rings (SSSR count).